The van der Waals surface area contributed by atoms with Crippen molar-refractivity contribution in [3.05, 3.63) is 167 Å². The fourth-order valence-electron chi connectivity index (χ4n) is 10.6. The molecule has 0 heterocycles. The molecule has 0 N–H and O–H groups in total. The quantitative estimate of drug-likeness (QED) is 0.166. The van der Waals surface area contributed by atoms with Gasteiger partial charge >= 0.3 is 0 Å². The van der Waals surface area contributed by atoms with Gasteiger partial charge in [0.15, 0.2) is 0 Å². The largest absolute Gasteiger partial charge is 0.192 e. The summed E-state index contributed by atoms with van der Waals surface area (Å²) in [6.07, 6.45) is 0. The van der Waals surface area contributed by atoms with Crippen LogP contribution >= 0.6 is 0 Å². The average molecular weight is 735 g/mol. The van der Waals surface area contributed by atoms with Crippen LogP contribution in [0.1, 0.15) is 33.4 Å². The lowest BCUT2D eigenvalue weighted by atomic mass is 9.83. The summed E-state index contributed by atoms with van der Waals surface area (Å²) in [4.78, 5) is 0. The van der Waals surface area contributed by atoms with Crippen molar-refractivity contribution in [3.63, 3.8) is 0 Å². The smallest absolute Gasteiger partial charge is 0.0991 e. The SMILES string of the molecule is Cc1cc2c3c(cc(C)cc3c1)-c1c-2c(-c2ccc(C#N)cc2)cc2c1cc(-c1ccc(C#N)cc1)c1c3ccc4c(c3ccc21)-c1cc(C)cc2cc(C)cc-4c12. The molecule has 0 fully saturated rings. The summed E-state index contributed by atoms with van der Waals surface area (Å²) in [7, 11) is 0. The Hall–Kier alpha value is -7.52. The molecule has 0 radical (unpaired) electrons. The van der Waals surface area contributed by atoms with Gasteiger partial charge in [0, 0.05) is 0 Å². The standard InChI is InChI=1S/C56H34N2/c1-29-17-37-18-30(2)22-48-51(37)46(21-29)42-16-14-39-40(54(42)48)13-15-41-45-25-44(36-11-7-34(28-58)8-12-36)55-49-23-31(3)19-38-20-32(4)24-50(52(38)49)56(55)47(45)26-43(53(39)41)35-9-5-33(27-57)6-10-35/h5-26H,1-4H3. The van der Waals surface area contributed by atoms with Gasteiger partial charge < -0.3 is 0 Å². The molecule has 2 nitrogen and oxygen atoms in total. The highest BCUT2D eigenvalue weighted by molar-refractivity contribution is 6.33. The molecule has 0 atom stereocenters. The Balaban J connectivity index is 1.27. The summed E-state index contributed by atoms with van der Waals surface area (Å²) >= 11 is 0. The van der Waals surface area contributed by atoms with Gasteiger partial charge in [-0.15, -0.1) is 0 Å². The first-order valence-corrected chi connectivity index (χ1v) is 19.9. The van der Waals surface area contributed by atoms with Gasteiger partial charge in [-0.25, -0.2) is 0 Å². The van der Waals surface area contributed by atoms with Crippen molar-refractivity contribution in [1.82, 2.24) is 0 Å². The Bertz CT molecular complexity index is 3630. The molecule has 0 bridgehead atoms. The predicted octanol–water partition coefficient (Wildman–Crippen LogP) is 15.1. The Morgan fingerprint density at radius 1 is 0.310 bits per heavy atom. The third kappa shape index (κ3) is 4.35. The van der Waals surface area contributed by atoms with Crippen LogP contribution in [0, 0.1) is 50.4 Å². The van der Waals surface area contributed by atoms with Gasteiger partial charge in [0.05, 0.1) is 23.3 Å². The van der Waals surface area contributed by atoms with E-state index in [1.165, 1.54) is 126 Å². The summed E-state index contributed by atoms with van der Waals surface area (Å²) in [5.41, 5.74) is 21.0. The molecule has 0 aliphatic heterocycles. The van der Waals surface area contributed by atoms with Gasteiger partial charge in [-0.05, 0) is 207 Å². The topological polar surface area (TPSA) is 47.6 Å². The van der Waals surface area contributed by atoms with Crippen molar-refractivity contribution in [3.8, 4) is 78.9 Å². The van der Waals surface area contributed by atoms with E-state index < -0.39 is 0 Å². The van der Waals surface area contributed by atoms with Crippen LogP contribution in [-0.4, -0.2) is 0 Å². The molecule has 2 aliphatic rings. The molecule has 2 aliphatic carbocycles. The van der Waals surface area contributed by atoms with Crippen LogP contribution in [0.2, 0.25) is 0 Å². The monoisotopic (exact) mass is 734 g/mol. The Morgan fingerprint density at radius 3 is 1.34 bits per heavy atom. The Morgan fingerprint density at radius 2 is 0.759 bits per heavy atom. The fourth-order valence-corrected chi connectivity index (χ4v) is 10.6. The van der Waals surface area contributed by atoms with Crippen molar-refractivity contribution in [1.29, 1.82) is 10.5 Å². The van der Waals surface area contributed by atoms with E-state index in [-0.39, 0.29) is 0 Å². The second-order valence-electron chi connectivity index (χ2n) is 16.6. The molecule has 268 valence electrons. The molecule has 10 aromatic rings. The van der Waals surface area contributed by atoms with E-state index in [9.17, 15) is 10.5 Å². The highest BCUT2D eigenvalue weighted by Crippen LogP contribution is 2.57. The van der Waals surface area contributed by atoms with E-state index in [1.54, 1.807) is 0 Å². The minimum atomic E-state index is 0.647. The summed E-state index contributed by atoms with van der Waals surface area (Å²) < 4.78 is 0. The van der Waals surface area contributed by atoms with Crippen LogP contribution < -0.4 is 0 Å². The van der Waals surface area contributed by atoms with Crippen molar-refractivity contribution < 1.29 is 0 Å². The maximum Gasteiger partial charge on any atom is 0.0991 e. The van der Waals surface area contributed by atoms with Gasteiger partial charge in [0.2, 0.25) is 0 Å². The number of hydrogen-bond donors (Lipinski definition) is 0. The fraction of sp³-hybridized carbons (Fsp3) is 0.0714. The molecular formula is C56H34N2. The maximum atomic E-state index is 9.81. The molecule has 0 spiro atoms. The molecule has 2 heteroatoms. The van der Waals surface area contributed by atoms with Crippen LogP contribution in [0.3, 0.4) is 0 Å². The molecule has 12 rings (SSSR count). The minimum absolute atomic E-state index is 0.647. The molecule has 0 saturated heterocycles. The van der Waals surface area contributed by atoms with Crippen molar-refractivity contribution in [2.75, 3.05) is 0 Å². The number of fused-ring (bicyclic) bond motifs is 13. The van der Waals surface area contributed by atoms with Gasteiger partial charge in [-0.2, -0.15) is 10.5 Å². The first kappa shape index (κ1) is 32.7. The normalized spacial score (nSPS) is 12.1. The molecule has 0 aromatic heterocycles. The second-order valence-corrected chi connectivity index (χ2v) is 16.6. The van der Waals surface area contributed by atoms with E-state index in [0.717, 1.165) is 16.7 Å². The Labute approximate surface area is 336 Å². The molecule has 58 heavy (non-hydrogen) atoms. The van der Waals surface area contributed by atoms with Gasteiger partial charge in [-0.1, -0.05) is 97.1 Å². The zero-order valence-corrected chi connectivity index (χ0v) is 32.6. The number of rotatable bonds is 2. The Kier molecular flexibility index (Phi) is 6.49. The van der Waals surface area contributed by atoms with E-state index in [4.69, 9.17) is 0 Å². The lowest BCUT2D eigenvalue weighted by molar-refractivity contribution is 1.48. The third-order valence-electron chi connectivity index (χ3n) is 12.8. The van der Waals surface area contributed by atoms with E-state index >= 15 is 0 Å². The summed E-state index contributed by atoms with van der Waals surface area (Å²) in [6, 6.07) is 53.8. The third-order valence-corrected chi connectivity index (χ3v) is 12.8. The van der Waals surface area contributed by atoms with Crippen molar-refractivity contribution >= 4 is 53.9 Å². The van der Waals surface area contributed by atoms with Gasteiger partial charge in [0.1, 0.15) is 0 Å². The predicted molar refractivity (Wildman–Crippen MR) is 242 cm³/mol. The highest BCUT2D eigenvalue weighted by atomic mass is 14.3. The molecule has 0 saturated carbocycles. The van der Waals surface area contributed by atoms with Gasteiger partial charge in [0.25, 0.3) is 0 Å². The van der Waals surface area contributed by atoms with Crippen LogP contribution in [0.4, 0.5) is 0 Å². The van der Waals surface area contributed by atoms with Crippen molar-refractivity contribution in [2.45, 2.75) is 27.7 Å². The number of aryl methyl sites for hydroxylation is 4. The average Bonchev–Trinajstić information content (AvgIpc) is 3.72. The lowest BCUT2D eigenvalue weighted by Gasteiger charge is -2.20. The van der Waals surface area contributed by atoms with E-state index in [1.807, 2.05) is 24.3 Å². The zero-order chi connectivity index (χ0) is 39.1. The number of nitriles is 2. The zero-order valence-electron chi connectivity index (χ0n) is 32.6. The molecule has 0 amide bonds. The number of hydrogen-bond acceptors (Lipinski definition) is 2. The van der Waals surface area contributed by atoms with Crippen molar-refractivity contribution in [2.24, 2.45) is 0 Å². The lowest BCUT2D eigenvalue weighted by Crippen LogP contribution is -1.93. The number of nitrogens with zero attached hydrogens (tertiary/aromatic N) is 2. The highest BCUT2D eigenvalue weighted by Gasteiger charge is 2.30. The van der Waals surface area contributed by atoms with E-state index in [2.05, 4.69) is 149 Å². The summed E-state index contributed by atoms with van der Waals surface area (Å²) in [6.45, 7) is 8.80. The minimum Gasteiger partial charge on any atom is -0.192 e. The van der Waals surface area contributed by atoms with Crippen LogP contribution in [0.25, 0.3) is 121 Å². The van der Waals surface area contributed by atoms with Crippen LogP contribution in [0.5, 0.6) is 0 Å². The molecular weight excluding hydrogens is 701 g/mol. The van der Waals surface area contributed by atoms with Gasteiger partial charge in [-0.3, -0.25) is 0 Å². The van der Waals surface area contributed by atoms with E-state index in [0.29, 0.717) is 11.1 Å². The van der Waals surface area contributed by atoms with Crippen LogP contribution in [-0.2, 0) is 0 Å². The maximum absolute atomic E-state index is 9.81. The molecule has 0 unspecified atom stereocenters. The molecule has 10 aromatic carbocycles. The summed E-state index contributed by atoms with van der Waals surface area (Å²) in [5, 5.41) is 32.0. The first-order valence-electron chi connectivity index (χ1n) is 19.9. The first-order chi connectivity index (χ1) is 28.3. The number of benzene rings is 10. The second kappa shape index (κ2) is 11.5. The van der Waals surface area contributed by atoms with Crippen LogP contribution in [0.15, 0.2) is 133 Å². The summed E-state index contributed by atoms with van der Waals surface area (Å²) in [5.74, 6) is 0.